The van der Waals surface area contributed by atoms with Gasteiger partial charge in [-0.3, -0.25) is 9.36 Å². The van der Waals surface area contributed by atoms with Crippen LogP contribution in [0.3, 0.4) is 0 Å². The fourth-order valence-corrected chi connectivity index (χ4v) is 3.77. The van der Waals surface area contributed by atoms with Crippen LogP contribution in [0.4, 0.5) is 32.0 Å². The first-order valence-electron chi connectivity index (χ1n) is 11.0. The number of hydrogen-bond donors (Lipinski definition) is 1. The van der Waals surface area contributed by atoms with Gasteiger partial charge >= 0.3 is 11.9 Å². The molecule has 0 fully saturated rings. The fourth-order valence-electron chi connectivity index (χ4n) is 3.77. The zero-order valence-corrected chi connectivity index (χ0v) is 18.8. The number of aromatic nitrogens is 3. The largest absolute Gasteiger partial charge is 0.480 e. The van der Waals surface area contributed by atoms with Crippen LogP contribution in [0.15, 0.2) is 35.1 Å². The van der Waals surface area contributed by atoms with Gasteiger partial charge in [-0.1, -0.05) is 12.5 Å². The highest BCUT2D eigenvalue weighted by atomic mass is 19.4. The van der Waals surface area contributed by atoms with Gasteiger partial charge in [-0.25, -0.2) is 18.0 Å². The zero-order chi connectivity index (χ0) is 26.2. The summed E-state index contributed by atoms with van der Waals surface area (Å²) in [6, 6.07) is 4.00. The Morgan fingerprint density at radius 1 is 1.08 bits per heavy atom. The minimum atomic E-state index is -4.86. The summed E-state index contributed by atoms with van der Waals surface area (Å²) in [7, 11) is 0. The Kier molecular flexibility index (Phi) is 6.83. The molecule has 13 heteroatoms. The van der Waals surface area contributed by atoms with Crippen molar-refractivity contribution in [2.24, 2.45) is 0 Å². The molecule has 1 atom stereocenters. The summed E-state index contributed by atoms with van der Waals surface area (Å²) in [5.74, 6) is -5.20. The first kappa shape index (κ1) is 25.3. The SMILES string of the molecule is C[C@H](Oc1cc(-n2nc3n(c2=O)CCCCC3)c(F)cc1C(=O)Nc1c(F)cccc1F)C(F)(F)F. The number of aryl methyl sites for hydroxylation is 1. The first-order chi connectivity index (χ1) is 17.0. The number of anilines is 1. The Morgan fingerprint density at radius 3 is 2.44 bits per heavy atom. The van der Waals surface area contributed by atoms with E-state index in [0.29, 0.717) is 42.9 Å². The zero-order valence-electron chi connectivity index (χ0n) is 18.8. The number of nitrogens with zero attached hydrogens (tertiary/aromatic N) is 3. The van der Waals surface area contributed by atoms with Crippen molar-refractivity contribution in [2.45, 2.75) is 51.4 Å². The summed E-state index contributed by atoms with van der Waals surface area (Å²) in [6.07, 6.45) is -4.53. The maximum atomic E-state index is 15.2. The van der Waals surface area contributed by atoms with Gasteiger partial charge in [-0.15, -0.1) is 5.10 Å². The Labute approximate surface area is 200 Å². The van der Waals surface area contributed by atoms with Gasteiger partial charge in [0.1, 0.15) is 40.4 Å². The van der Waals surface area contributed by atoms with E-state index in [1.54, 1.807) is 0 Å². The number of hydrogen-bond acceptors (Lipinski definition) is 4. The monoisotopic (exact) mass is 514 g/mol. The summed E-state index contributed by atoms with van der Waals surface area (Å²) in [5, 5.41) is 6.01. The van der Waals surface area contributed by atoms with E-state index >= 15 is 4.39 Å². The van der Waals surface area contributed by atoms with Crippen LogP contribution < -0.4 is 15.7 Å². The Hall–Kier alpha value is -3.77. The van der Waals surface area contributed by atoms with Crippen molar-refractivity contribution >= 4 is 11.6 Å². The van der Waals surface area contributed by atoms with Crippen molar-refractivity contribution in [3.05, 3.63) is 69.7 Å². The Bertz CT molecular complexity index is 1340. The molecule has 1 aliphatic heterocycles. The lowest BCUT2D eigenvalue weighted by Gasteiger charge is -2.20. The summed E-state index contributed by atoms with van der Waals surface area (Å²) in [6.45, 7) is 1.01. The molecule has 0 unspecified atom stereocenters. The van der Waals surface area contributed by atoms with Crippen molar-refractivity contribution in [3.63, 3.8) is 0 Å². The van der Waals surface area contributed by atoms with E-state index in [2.05, 4.69) is 5.10 Å². The summed E-state index contributed by atoms with van der Waals surface area (Å²) >= 11 is 0. The molecule has 192 valence electrons. The number of alkyl halides is 3. The molecule has 0 bridgehead atoms. The molecule has 0 radical (unpaired) electrons. The molecule has 7 nitrogen and oxygen atoms in total. The highest BCUT2D eigenvalue weighted by Crippen LogP contribution is 2.31. The van der Waals surface area contributed by atoms with E-state index in [-0.39, 0.29) is 0 Å². The number of halogens is 6. The van der Waals surface area contributed by atoms with E-state index in [1.165, 1.54) is 4.57 Å². The van der Waals surface area contributed by atoms with E-state index in [0.717, 1.165) is 37.1 Å². The number of carbonyl (C=O) groups is 1. The number of benzene rings is 2. The van der Waals surface area contributed by atoms with Crippen LogP contribution in [0, 0.1) is 17.5 Å². The number of fused-ring (bicyclic) bond motifs is 1. The van der Waals surface area contributed by atoms with Gasteiger partial charge < -0.3 is 10.1 Å². The number of para-hydroxylation sites is 1. The third-order valence-electron chi connectivity index (χ3n) is 5.71. The van der Waals surface area contributed by atoms with Crippen LogP contribution in [0.2, 0.25) is 0 Å². The van der Waals surface area contributed by atoms with Crippen molar-refractivity contribution in [3.8, 4) is 11.4 Å². The molecule has 1 aliphatic rings. The molecule has 0 aliphatic carbocycles. The maximum absolute atomic E-state index is 15.2. The summed E-state index contributed by atoms with van der Waals surface area (Å²) in [5.41, 5.74) is -2.90. The molecule has 2 heterocycles. The quantitative estimate of drug-likeness (QED) is 0.498. The fraction of sp³-hybridized carbons (Fsp3) is 0.348. The number of carbonyl (C=O) groups excluding carboxylic acids is 1. The molecule has 0 saturated heterocycles. The molecule has 36 heavy (non-hydrogen) atoms. The van der Waals surface area contributed by atoms with Gasteiger partial charge in [0.05, 0.1) is 5.56 Å². The summed E-state index contributed by atoms with van der Waals surface area (Å²) in [4.78, 5) is 25.6. The predicted octanol–water partition coefficient (Wildman–Crippen LogP) is 4.76. The third kappa shape index (κ3) is 4.95. The van der Waals surface area contributed by atoms with E-state index in [9.17, 15) is 31.5 Å². The standard InChI is InChI=1S/C23H20F6N4O3/c1-12(23(27,28)29)36-18-11-17(33-22(35)32-9-4-2-3-8-19(32)31-33)16(26)10-13(18)21(34)30-20-14(24)6-5-7-15(20)25/h5-7,10-12H,2-4,8-9H2,1H3,(H,30,34)/t12-/m0/s1. The van der Waals surface area contributed by atoms with Gasteiger partial charge in [-0.05, 0) is 38.0 Å². The van der Waals surface area contributed by atoms with Crippen molar-refractivity contribution < 1.29 is 35.9 Å². The van der Waals surface area contributed by atoms with Crippen LogP contribution in [0.25, 0.3) is 5.69 Å². The normalized spacial score (nSPS) is 14.6. The lowest BCUT2D eigenvalue weighted by Crippen LogP contribution is -2.32. The second-order valence-electron chi connectivity index (χ2n) is 8.23. The van der Waals surface area contributed by atoms with Gasteiger partial charge in [-0.2, -0.15) is 17.9 Å². The second kappa shape index (κ2) is 9.70. The second-order valence-corrected chi connectivity index (χ2v) is 8.23. The first-order valence-corrected chi connectivity index (χ1v) is 11.0. The highest BCUT2D eigenvalue weighted by Gasteiger charge is 2.39. The number of amides is 1. The predicted molar refractivity (Wildman–Crippen MR) is 116 cm³/mol. The molecule has 0 spiro atoms. The van der Waals surface area contributed by atoms with Crippen LogP contribution >= 0.6 is 0 Å². The molecule has 2 aromatic carbocycles. The summed E-state index contributed by atoms with van der Waals surface area (Å²) < 4.78 is 89.7. The van der Waals surface area contributed by atoms with Gasteiger partial charge in [0.15, 0.2) is 6.10 Å². The minimum absolute atomic E-state index is 0.346. The lowest BCUT2D eigenvalue weighted by molar-refractivity contribution is -0.189. The Morgan fingerprint density at radius 2 is 1.78 bits per heavy atom. The molecule has 1 N–H and O–H groups in total. The van der Waals surface area contributed by atoms with Crippen molar-refractivity contribution in [2.75, 3.05) is 5.32 Å². The molecular weight excluding hydrogens is 494 g/mol. The number of nitrogens with one attached hydrogen (secondary N) is 1. The van der Waals surface area contributed by atoms with Gasteiger partial charge in [0, 0.05) is 19.0 Å². The van der Waals surface area contributed by atoms with Crippen LogP contribution in [-0.2, 0) is 13.0 Å². The smallest absolute Gasteiger partial charge is 0.425 e. The topological polar surface area (TPSA) is 78.2 Å². The highest BCUT2D eigenvalue weighted by molar-refractivity contribution is 6.06. The average molecular weight is 514 g/mol. The number of ether oxygens (including phenoxy) is 1. The van der Waals surface area contributed by atoms with E-state index in [1.807, 2.05) is 5.32 Å². The molecular formula is C23H20F6N4O3. The molecule has 4 rings (SSSR count). The van der Waals surface area contributed by atoms with Crippen molar-refractivity contribution in [1.82, 2.24) is 14.3 Å². The van der Waals surface area contributed by atoms with E-state index < -0.39 is 64.0 Å². The van der Waals surface area contributed by atoms with Crippen LogP contribution in [0.5, 0.6) is 5.75 Å². The molecule has 3 aromatic rings. The molecule has 1 aromatic heterocycles. The maximum Gasteiger partial charge on any atom is 0.425 e. The minimum Gasteiger partial charge on any atom is -0.480 e. The van der Waals surface area contributed by atoms with Gasteiger partial charge in [0.2, 0.25) is 0 Å². The third-order valence-corrected chi connectivity index (χ3v) is 5.71. The van der Waals surface area contributed by atoms with Gasteiger partial charge in [0.25, 0.3) is 5.91 Å². The molecule has 1 amide bonds. The number of rotatable bonds is 5. The van der Waals surface area contributed by atoms with Crippen molar-refractivity contribution in [1.29, 1.82) is 0 Å². The van der Waals surface area contributed by atoms with E-state index in [4.69, 9.17) is 4.74 Å². The molecule has 0 saturated carbocycles. The lowest BCUT2D eigenvalue weighted by atomic mass is 10.1. The average Bonchev–Trinajstić information content (AvgIpc) is 2.96. The van der Waals surface area contributed by atoms with Crippen LogP contribution in [0.1, 0.15) is 42.4 Å². The van der Waals surface area contributed by atoms with Crippen LogP contribution in [-0.4, -0.2) is 32.5 Å². The Balaban J connectivity index is 1.80.